The van der Waals surface area contributed by atoms with Crippen molar-refractivity contribution >= 4 is 29.1 Å². The molecule has 2 amide bonds. The third kappa shape index (κ3) is 3.83. The SMILES string of the molecule is COc1ccc(C(=O)N(CN2CCCC2=O)c2ccc(C)c(Cl)c2)cc1. The van der Waals surface area contributed by atoms with Crippen LogP contribution in [0.3, 0.4) is 0 Å². The van der Waals surface area contributed by atoms with E-state index in [9.17, 15) is 9.59 Å². The van der Waals surface area contributed by atoms with E-state index in [4.69, 9.17) is 16.3 Å². The van der Waals surface area contributed by atoms with Crippen LogP contribution in [-0.2, 0) is 4.79 Å². The van der Waals surface area contributed by atoms with Gasteiger partial charge in [-0.3, -0.25) is 14.5 Å². The van der Waals surface area contributed by atoms with E-state index in [-0.39, 0.29) is 18.5 Å². The Morgan fingerprint density at radius 1 is 1.23 bits per heavy atom. The summed E-state index contributed by atoms with van der Waals surface area (Å²) in [5.74, 6) is 0.559. The highest BCUT2D eigenvalue weighted by Crippen LogP contribution is 2.26. The van der Waals surface area contributed by atoms with Crippen molar-refractivity contribution in [3.63, 3.8) is 0 Å². The van der Waals surface area contributed by atoms with E-state index in [1.54, 1.807) is 47.2 Å². The van der Waals surface area contributed by atoms with Crippen LogP contribution in [0.4, 0.5) is 5.69 Å². The molecule has 6 heteroatoms. The lowest BCUT2D eigenvalue weighted by Crippen LogP contribution is -2.42. The molecule has 0 spiro atoms. The number of aryl methyl sites for hydroxylation is 1. The largest absolute Gasteiger partial charge is 0.497 e. The van der Waals surface area contributed by atoms with Gasteiger partial charge in [-0.15, -0.1) is 0 Å². The fourth-order valence-corrected chi connectivity index (χ4v) is 3.10. The van der Waals surface area contributed by atoms with Crippen LogP contribution in [0, 0.1) is 6.92 Å². The average molecular weight is 373 g/mol. The Labute approximate surface area is 158 Å². The van der Waals surface area contributed by atoms with Crippen LogP contribution in [-0.4, -0.2) is 37.0 Å². The topological polar surface area (TPSA) is 49.9 Å². The third-order valence-corrected chi connectivity index (χ3v) is 4.94. The summed E-state index contributed by atoms with van der Waals surface area (Å²) in [4.78, 5) is 28.5. The van der Waals surface area contributed by atoms with Crippen molar-refractivity contribution in [3.8, 4) is 5.75 Å². The van der Waals surface area contributed by atoms with Gasteiger partial charge in [-0.2, -0.15) is 0 Å². The van der Waals surface area contributed by atoms with E-state index in [0.717, 1.165) is 12.0 Å². The molecule has 5 nitrogen and oxygen atoms in total. The molecule has 1 saturated heterocycles. The van der Waals surface area contributed by atoms with E-state index in [1.807, 2.05) is 19.1 Å². The highest BCUT2D eigenvalue weighted by molar-refractivity contribution is 6.31. The monoisotopic (exact) mass is 372 g/mol. The van der Waals surface area contributed by atoms with Crippen molar-refractivity contribution in [1.29, 1.82) is 0 Å². The molecule has 0 radical (unpaired) electrons. The number of halogens is 1. The van der Waals surface area contributed by atoms with Crippen molar-refractivity contribution in [2.75, 3.05) is 25.2 Å². The standard InChI is InChI=1S/C20H21ClN2O3/c1-14-5-8-16(12-18(14)21)23(13-22-11-3-4-19(22)24)20(25)15-6-9-17(26-2)10-7-15/h5-10,12H,3-4,11,13H2,1-2H3. The molecule has 0 N–H and O–H groups in total. The van der Waals surface area contributed by atoms with Crippen molar-refractivity contribution in [3.05, 3.63) is 58.6 Å². The number of ether oxygens (including phenoxy) is 1. The molecule has 2 aromatic carbocycles. The summed E-state index contributed by atoms with van der Waals surface area (Å²) in [7, 11) is 1.58. The van der Waals surface area contributed by atoms with Gasteiger partial charge in [-0.05, 0) is 55.3 Å². The smallest absolute Gasteiger partial charge is 0.259 e. The lowest BCUT2D eigenvalue weighted by Gasteiger charge is -2.28. The molecule has 3 rings (SSSR count). The molecule has 0 aliphatic carbocycles. The van der Waals surface area contributed by atoms with Crippen LogP contribution >= 0.6 is 11.6 Å². The Hall–Kier alpha value is -2.53. The van der Waals surface area contributed by atoms with Crippen LogP contribution in [0.2, 0.25) is 5.02 Å². The number of carbonyl (C=O) groups is 2. The fraction of sp³-hybridized carbons (Fsp3) is 0.300. The summed E-state index contributed by atoms with van der Waals surface area (Å²) in [5.41, 5.74) is 2.12. The van der Waals surface area contributed by atoms with Gasteiger partial charge in [-0.1, -0.05) is 17.7 Å². The first kappa shape index (κ1) is 18.3. The number of hydrogen-bond acceptors (Lipinski definition) is 3. The van der Waals surface area contributed by atoms with Gasteiger partial charge >= 0.3 is 0 Å². The highest BCUT2D eigenvalue weighted by atomic mass is 35.5. The molecule has 0 atom stereocenters. The van der Waals surface area contributed by atoms with Crippen LogP contribution < -0.4 is 9.64 Å². The van der Waals surface area contributed by atoms with Crippen molar-refractivity contribution < 1.29 is 14.3 Å². The number of hydrogen-bond donors (Lipinski definition) is 0. The molecule has 1 aliphatic heterocycles. The quantitative estimate of drug-likeness (QED) is 0.800. The second-order valence-electron chi connectivity index (χ2n) is 6.30. The maximum Gasteiger partial charge on any atom is 0.259 e. The summed E-state index contributed by atoms with van der Waals surface area (Å²) < 4.78 is 5.15. The Kier molecular flexibility index (Phi) is 5.47. The minimum absolute atomic E-state index is 0.0655. The lowest BCUT2D eigenvalue weighted by atomic mass is 10.1. The van der Waals surface area contributed by atoms with Crippen LogP contribution in [0.15, 0.2) is 42.5 Å². The molecule has 0 bridgehead atoms. The normalized spacial score (nSPS) is 13.8. The van der Waals surface area contributed by atoms with E-state index in [0.29, 0.717) is 35.0 Å². The van der Waals surface area contributed by atoms with Gasteiger partial charge in [0.15, 0.2) is 0 Å². The van der Waals surface area contributed by atoms with Gasteiger partial charge < -0.3 is 9.64 Å². The number of benzene rings is 2. The number of anilines is 1. The molecule has 0 aromatic heterocycles. The minimum Gasteiger partial charge on any atom is -0.497 e. The van der Waals surface area contributed by atoms with Gasteiger partial charge in [0.1, 0.15) is 12.4 Å². The first-order chi connectivity index (χ1) is 12.5. The predicted octanol–water partition coefficient (Wildman–Crippen LogP) is 3.88. The molecule has 1 fully saturated rings. The summed E-state index contributed by atoms with van der Waals surface area (Å²) in [5, 5.41) is 0.586. The van der Waals surface area contributed by atoms with E-state index < -0.39 is 0 Å². The number of methoxy groups -OCH3 is 1. The maximum atomic E-state index is 13.1. The van der Waals surface area contributed by atoms with Crippen LogP contribution in [0.5, 0.6) is 5.75 Å². The Balaban J connectivity index is 1.93. The predicted molar refractivity (Wildman–Crippen MR) is 102 cm³/mol. The second-order valence-corrected chi connectivity index (χ2v) is 6.70. The van der Waals surface area contributed by atoms with Crippen molar-refractivity contribution in [2.45, 2.75) is 19.8 Å². The molecule has 2 aromatic rings. The number of rotatable bonds is 5. The van der Waals surface area contributed by atoms with Gasteiger partial charge in [0.2, 0.25) is 5.91 Å². The summed E-state index contributed by atoms with van der Waals surface area (Å²) in [6.07, 6.45) is 1.34. The second kappa shape index (κ2) is 7.79. The number of nitrogens with zero attached hydrogens (tertiary/aromatic N) is 2. The number of amides is 2. The molecule has 26 heavy (non-hydrogen) atoms. The molecule has 136 valence electrons. The fourth-order valence-electron chi connectivity index (χ4n) is 2.93. The maximum absolute atomic E-state index is 13.1. The van der Waals surface area contributed by atoms with Gasteiger partial charge in [0.25, 0.3) is 5.91 Å². The summed E-state index contributed by atoms with van der Waals surface area (Å²) in [6.45, 7) is 2.78. The van der Waals surface area contributed by atoms with Crippen molar-refractivity contribution in [1.82, 2.24) is 4.90 Å². The number of carbonyl (C=O) groups excluding carboxylic acids is 2. The van der Waals surface area contributed by atoms with Gasteiger partial charge in [-0.25, -0.2) is 0 Å². The van der Waals surface area contributed by atoms with Gasteiger partial charge in [0, 0.05) is 29.2 Å². The zero-order valence-electron chi connectivity index (χ0n) is 14.9. The summed E-state index contributed by atoms with van der Waals surface area (Å²) in [6, 6.07) is 12.4. The average Bonchev–Trinajstić information content (AvgIpc) is 3.06. The molecular formula is C20H21ClN2O3. The van der Waals surface area contributed by atoms with Gasteiger partial charge in [0.05, 0.1) is 7.11 Å². The third-order valence-electron chi connectivity index (χ3n) is 4.53. The molecule has 0 saturated carbocycles. The van der Waals surface area contributed by atoms with Crippen LogP contribution in [0.25, 0.3) is 0 Å². The van der Waals surface area contributed by atoms with E-state index in [2.05, 4.69) is 0 Å². The first-order valence-electron chi connectivity index (χ1n) is 8.49. The molecule has 1 heterocycles. The minimum atomic E-state index is -0.188. The van der Waals surface area contributed by atoms with E-state index >= 15 is 0 Å². The zero-order chi connectivity index (χ0) is 18.7. The summed E-state index contributed by atoms with van der Waals surface area (Å²) >= 11 is 6.26. The molecule has 1 aliphatic rings. The zero-order valence-corrected chi connectivity index (χ0v) is 15.6. The highest BCUT2D eigenvalue weighted by Gasteiger charge is 2.26. The molecular weight excluding hydrogens is 352 g/mol. The molecule has 0 unspecified atom stereocenters. The first-order valence-corrected chi connectivity index (χ1v) is 8.87. The Morgan fingerprint density at radius 3 is 2.54 bits per heavy atom. The lowest BCUT2D eigenvalue weighted by molar-refractivity contribution is -0.127. The Bertz CT molecular complexity index is 820. The Morgan fingerprint density at radius 2 is 1.96 bits per heavy atom. The number of likely N-dealkylation sites (tertiary alicyclic amines) is 1. The van der Waals surface area contributed by atoms with Crippen molar-refractivity contribution in [2.24, 2.45) is 0 Å². The van der Waals surface area contributed by atoms with E-state index in [1.165, 1.54) is 0 Å². The van der Waals surface area contributed by atoms with Crippen LogP contribution in [0.1, 0.15) is 28.8 Å².